The Morgan fingerprint density at radius 2 is 1.35 bits per heavy atom. The second-order valence-electron chi connectivity index (χ2n) is 13.1. The average molecular weight is 771 g/mol. The number of Topliss-reactive ketones (excluding diaryl/α,β-unsaturated/α-hetero) is 2. The van der Waals surface area contributed by atoms with Crippen LogP contribution in [-0.2, 0) is 39.0 Å². The number of ketones is 2. The Hall–Kier alpha value is -4.48. The van der Waals surface area contributed by atoms with Crippen LogP contribution in [0.4, 0.5) is 26.3 Å². The van der Waals surface area contributed by atoms with Gasteiger partial charge in [-0.3, -0.25) is 14.4 Å². The van der Waals surface area contributed by atoms with Gasteiger partial charge in [0.15, 0.2) is 5.78 Å². The van der Waals surface area contributed by atoms with E-state index in [9.17, 15) is 40.7 Å². The topological polar surface area (TPSA) is 121 Å². The average Bonchev–Trinajstić information content (AvgIpc) is 3.54. The van der Waals surface area contributed by atoms with Gasteiger partial charge in [-0.2, -0.15) is 0 Å². The molecule has 0 aliphatic carbocycles. The van der Waals surface area contributed by atoms with Crippen LogP contribution in [0.3, 0.4) is 0 Å². The van der Waals surface area contributed by atoms with E-state index in [1.165, 1.54) is 61.5 Å². The standard InChI is InChI=1S/C21H24F3N3O4.C16H20F3NO3/c1-14(28)19(11-15-4-3-5-17(10-15)31-21(22,23)24)27(16-6-8-30-9-7-16)20(29)18-12-26(2)13-25-18;1-11(21)15(20-13-5-7-22-8-6-13)10-12-3-2-4-14(9-12)23-16(17,18)19/h3-5,10,12-13,16,19H,6-9,11H2,1-2H3;2-4,9,13,15,20H,5-8,10H2,1H3. The van der Waals surface area contributed by atoms with E-state index in [1.807, 2.05) is 0 Å². The quantitative estimate of drug-likeness (QED) is 0.209. The van der Waals surface area contributed by atoms with Gasteiger partial charge in [-0.05, 0) is 81.3 Å². The normalized spacial score (nSPS) is 16.8. The maximum atomic E-state index is 13.3. The lowest BCUT2D eigenvalue weighted by molar-refractivity contribution is -0.275. The number of imidazole rings is 1. The minimum Gasteiger partial charge on any atom is -0.406 e. The largest absolute Gasteiger partial charge is 0.573 e. The number of nitrogens with zero attached hydrogens (tertiary/aromatic N) is 3. The Labute approximate surface area is 308 Å². The van der Waals surface area contributed by atoms with Crippen molar-refractivity contribution in [2.45, 2.75) is 89.3 Å². The maximum Gasteiger partial charge on any atom is 0.573 e. The Balaban J connectivity index is 0.000000252. The molecule has 2 aromatic carbocycles. The lowest BCUT2D eigenvalue weighted by atomic mass is 9.96. The Kier molecular flexibility index (Phi) is 15.0. The molecule has 2 aliphatic heterocycles. The van der Waals surface area contributed by atoms with E-state index in [4.69, 9.17) is 9.47 Å². The SMILES string of the molecule is CC(=O)C(Cc1cccc(OC(F)(F)F)c1)N(C(=O)c1cn(C)cn1)C1CCOCC1.CC(=O)C(Cc1cccc(OC(F)(F)F)c1)NC1CCOCC1. The van der Waals surface area contributed by atoms with Gasteiger partial charge in [0.25, 0.3) is 5.91 Å². The number of halogens is 6. The Bertz CT molecular complexity index is 1690. The van der Waals surface area contributed by atoms with Crippen molar-refractivity contribution in [3.8, 4) is 11.5 Å². The van der Waals surface area contributed by atoms with Crippen molar-refractivity contribution in [1.82, 2.24) is 19.8 Å². The number of amides is 1. The lowest BCUT2D eigenvalue weighted by Crippen LogP contribution is -2.53. The van der Waals surface area contributed by atoms with Crippen molar-refractivity contribution < 1.29 is 59.7 Å². The zero-order valence-electron chi connectivity index (χ0n) is 30.1. The molecule has 2 aliphatic rings. The van der Waals surface area contributed by atoms with E-state index in [1.54, 1.807) is 29.9 Å². The van der Waals surface area contributed by atoms with Gasteiger partial charge in [-0.1, -0.05) is 24.3 Å². The van der Waals surface area contributed by atoms with Crippen LogP contribution in [-0.4, -0.2) is 95.2 Å². The van der Waals surface area contributed by atoms with Crippen LogP contribution in [0.25, 0.3) is 0 Å². The number of alkyl halides is 6. The van der Waals surface area contributed by atoms with Gasteiger partial charge < -0.3 is 33.7 Å². The molecule has 1 aromatic heterocycles. The number of ether oxygens (including phenoxy) is 4. The van der Waals surface area contributed by atoms with Crippen molar-refractivity contribution in [3.05, 3.63) is 77.9 Å². The third-order valence-corrected chi connectivity index (χ3v) is 8.83. The number of carbonyl (C=O) groups is 3. The fourth-order valence-corrected chi connectivity index (χ4v) is 6.29. The van der Waals surface area contributed by atoms with Crippen molar-refractivity contribution in [1.29, 1.82) is 0 Å². The lowest BCUT2D eigenvalue weighted by Gasteiger charge is -2.38. The summed E-state index contributed by atoms with van der Waals surface area (Å²) in [6, 6.07) is 9.83. The molecular weight excluding hydrogens is 726 g/mol. The number of aromatic nitrogens is 2. The molecule has 1 amide bonds. The molecular formula is C37H44F6N4O7. The van der Waals surface area contributed by atoms with Crippen LogP contribution in [0, 0.1) is 0 Å². The van der Waals surface area contributed by atoms with Crippen LogP contribution in [0.1, 0.15) is 61.1 Å². The van der Waals surface area contributed by atoms with Crippen molar-refractivity contribution >= 4 is 17.5 Å². The molecule has 54 heavy (non-hydrogen) atoms. The molecule has 0 bridgehead atoms. The number of hydrogen-bond donors (Lipinski definition) is 1. The molecule has 296 valence electrons. The van der Waals surface area contributed by atoms with Crippen LogP contribution in [0.5, 0.6) is 11.5 Å². The predicted octanol–water partition coefficient (Wildman–Crippen LogP) is 5.99. The monoisotopic (exact) mass is 770 g/mol. The summed E-state index contributed by atoms with van der Waals surface area (Å²) in [5.41, 5.74) is 1.27. The summed E-state index contributed by atoms with van der Waals surface area (Å²) in [7, 11) is 1.73. The van der Waals surface area contributed by atoms with Gasteiger partial charge in [0.05, 0.1) is 18.4 Å². The third-order valence-electron chi connectivity index (χ3n) is 8.83. The van der Waals surface area contributed by atoms with Gasteiger partial charge in [0, 0.05) is 58.2 Å². The number of rotatable bonds is 13. The molecule has 0 saturated carbocycles. The van der Waals surface area contributed by atoms with Crippen LogP contribution < -0.4 is 14.8 Å². The molecule has 2 unspecified atom stereocenters. The summed E-state index contributed by atoms with van der Waals surface area (Å²) in [4.78, 5) is 43.4. The van der Waals surface area contributed by atoms with E-state index in [-0.39, 0.29) is 47.3 Å². The second-order valence-corrected chi connectivity index (χ2v) is 13.1. The van der Waals surface area contributed by atoms with E-state index in [2.05, 4.69) is 19.8 Å². The van der Waals surface area contributed by atoms with E-state index >= 15 is 0 Å². The summed E-state index contributed by atoms with van der Waals surface area (Å²) in [5.74, 6) is -1.35. The first-order chi connectivity index (χ1) is 25.5. The third kappa shape index (κ3) is 13.7. The molecule has 3 heterocycles. The first-order valence-electron chi connectivity index (χ1n) is 17.4. The maximum absolute atomic E-state index is 13.3. The molecule has 5 rings (SSSR count). The van der Waals surface area contributed by atoms with Crippen molar-refractivity contribution in [3.63, 3.8) is 0 Å². The van der Waals surface area contributed by atoms with E-state index in [0.29, 0.717) is 56.8 Å². The van der Waals surface area contributed by atoms with Crippen LogP contribution >= 0.6 is 0 Å². The number of nitrogens with one attached hydrogen (secondary N) is 1. The second kappa shape index (κ2) is 19.2. The fourth-order valence-electron chi connectivity index (χ4n) is 6.29. The summed E-state index contributed by atoms with van der Waals surface area (Å²) >= 11 is 0. The summed E-state index contributed by atoms with van der Waals surface area (Å²) < 4.78 is 94.8. The smallest absolute Gasteiger partial charge is 0.406 e. The van der Waals surface area contributed by atoms with Gasteiger partial charge >= 0.3 is 12.7 Å². The summed E-state index contributed by atoms with van der Waals surface area (Å²) in [6.45, 7) is 5.06. The van der Waals surface area contributed by atoms with Crippen molar-refractivity contribution in [2.75, 3.05) is 26.4 Å². The van der Waals surface area contributed by atoms with Gasteiger partial charge in [0.1, 0.15) is 23.0 Å². The predicted molar refractivity (Wildman–Crippen MR) is 183 cm³/mol. The summed E-state index contributed by atoms with van der Waals surface area (Å²) in [5, 5.41) is 3.28. The van der Waals surface area contributed by atoms with E-state index in [0.717, 1.165) is 12.8 Å². The Morgan fingerprint density at radius 1 is 0.833 bits per heavy atom. The highest BCUT2D eigenvalue weighted by Crippen LogP contribution is 2.27. The number of carbonyl (C=O) groups excluding carboxylic acids is 3. The first-order valence-corrected chi connectivity index (χ1v) is 17.4. The zero-order valence-corrected chi connectivity index (χ0v) is 30.1. The summed E-state index contributed by atoms with van der Waals surface area (Å²) in [6.07, 6.45) is -3.34. The molecule has 11 nitrogen and oxygen atoms in total. The Morgan fingerprint density at radius 3 is 1.81 bits per heavy atom. The molecule has 2 fully saturated rings. The van der Waals surface area contributed by atoms with E-state index < -0.39 is 30.7 Å². The van der Waals surface area contributed by atoms with Gasteiger partial charge in [0.2, 0.25) is 0 Å². The van der Waals surface area contributed by atoms with Crippen LogP contribution in [0.15, 0.2) is 61.1 Å². The molecule has 1 N–H and O–H groups in total. The molecule has 17 heteroatoms. The minimum atomic E-state index is -4.82. The molecule has 0 radical (unpaired) electrons. The molecule has 2 saturated heterocycles. The highest BCUT2D eigenvalue weighted by atomic mass is 19.4. The first kappa shape index (κ1) is 42.3. The molecule has 3 aromatic rings. The van der Waals surface area contributed by atoms with Crippen LogP contribution in [0.2, 0.25) is 0 Å². The number of aryl methyl sites for hydroxylation is 1. The molecule has 2 atom stereocenters. The van der Waals surface area contributed by atoms with Gasteiger partial charge in [-0.25, -0.2) is 4.98 Å². The molecule has 0 spiro atoms. The number of benzene rings is 2. The van der Waals surface area contributed by atoms with Gasteiger partial charge in [-0.15, -0.1) is 26.3 Å². The fraction of sp³-hybridized carbons (Fsp3) is 0.514. The zero-order chi connectivity index (χ0) is 39.5. The minimum absolute atomic E-state index is 0.0429. The highest BCUT2D eigenvalue weighted by molar-refractivity contribution is 5.96. The van der Waals surface area contributed by atoms with Crippen molar-refractivity contribution in [2.24, 2.45) is 7.05 Å². The highest BCUT2D eigenvalue weighted by Gasteiger charge is 2.37. The number of hydrogen-bond acceptors (Lipinski definition) is 9.